The third kappa shape index (κ3) is 3.07. The van der Waals surface area contributed by atoms with Crippen LogP contribution >= 0.6 is 0 Å². The molecule has 15 heavy (non-hydrogen) atoms. The minimum absolute atomic E-state index is 0.294. The zero-order valence-corrected chi connectivity index (χ0v) is 7.35. The number of nitrogens with two attached hydrogens (primary N) is 1. The molecule has 0 radical (unpaired) electrons. The fourth-order valence-corrected chi connectivity index (χ4v) is 0.968. The highest BCUT2D eigenvalue weighted by molar-refractivity contribution is 5.47. The molecule has 0 saturated carbocycles. The van der Waals surface area contributed by atoms with E-state index in [0.29, 0.717) is 12.1 Å². The lowest BCUT2D eigenvalue weighted by molar-refractivity contribution is -0.137. The SMILES string of the molecule is NC(O)Nc1ccc(C(F)(F)F)cc1F. The molecule has 0 amide bonds. The molecule has 1 atom stereocenters. The fourth-order valence-electron chi connectivity index (χ4n) is 0.968. The Hall–Kier alpha value is -1.34. The molecule has 0 aliphatic heterocycles. The Morgan fingerprint density at radius 3 is 2.33 bits per heavy atom. The monoisotopic (exact) mass is 224 g/mol. The zero-order chi connectivity index (χ0) is 11.6. The highest BCUT2D eigenvalue weighted by Gasteiger charge is 2.31. The second-order valence-electron chi connectivity index (χ2n) is 2.78. The van der Waals surface area contributed by atoms with Crippen molar-refractivity contribution in [1.29, 1.82) is 0 Å². The van der Waals surface area contributed by atoms with Crippen LogP contribution in [0.25, 0.3) is 0 Å². The van der Waals surface area contributed by atoms with E-state index in [4.69, 9.17) is 10.8 Å². The summed E-state index contributed by atoms with van der Waals surface area (Å²) in [7, 11) is 0. The van der Waals surface area contributed by atoms with Gasteiger partial charge in [0.05, 0.1) is 11.3 Å². The summed E-state index contributed by atoms with van der Waals surface area (Å²) in [4.78, 5) is 0. The maximum atomic E-state index is 13.0. The second-order valence-corrected chi connectivity index (χ2v) is 2.78. The van der Waals surface area contributed by atoms with Gasteiger partial charge in [-0.05, 0) is 18.2 Å². The first-order valence-electron chi connectivity index (χ1n) is 3.87. The van der Waals surface area contributed by atoms with Gasteiger partial charge in [0.2, 0.25) is 0 Å². The predicted octanol–water partition coefficient (Wildman–Crippen LogP) is 1.49. The molecule has 1 rings (SSSR count). The molecule has 0 fully saturated rings. The number of aliphatic hydroxyl groups is 1. The van der Waals surface area contributed by atoms with E-state index in [2.05, 4.69) is 0 Å². The number of benzene rings is 1. The highest BCUT2D eigenvalue weighted by Crippen LogP contribution is 2.31. The molecule has 1 aromatic rings. The van der Waals surface area contributed by atoms with Crippen molar-refractivity contribution in [1.82, 2.24) is 0 Å². The van der Waals surface area contributed by atoms with Gasteiger partial charge in [-0.25, -0.2) is 4.39 Å². The number of rotatable bonds is 2. The van der Waals surface area contributed by atoms with Crippen LogP contribution in [-0.2, 0) is 6.18 Å². The zero-order valence-electron chi connectivity index (χ0n) is 7.35. The summed E-state index contributed by atoms with van der Waals surface area (Å²) < 4.78 is 49.3. The number of hydrogen-bond acceptors (Lipinski definition) is 3. The van der Waals surface area contributed by atoms with Crippen molar-refractivity contribution in [2.45, 2.75) is 12.5 Å². The summed E-state index contributed by atoms with van der Waals surface area (Å²) in [5.74, 6) is -1.13. The first kappa shape index (κ1) is 11.7. The third-order valence-electron chi connectivity index (χ3n) is 1.60. The molecule has 0 aliphatic carbocycles. The summed E-state index contributed by atoms with van der Waals surface area (Å²) in [5, 5.41) is 10.7. The predicted molar refractivity (Wildman–Crippen MR) is 45.2 cm³/mol. The number of halogens is 4. The van der Waals surface area contributed by atoms with E-state index < -0.39 is 23.9 Å². The molecule has 0 aliphatic rings. The smallest absolute Gasteiger partial charge is 0.361 e. The van der Waals surface area contributed by atoms with Crippen molar-refractivity contribution in [2.75, 3.05) is 5.32 Å². The first-order valence-corrected chi connectivity index (χ1v) is 3.87. The summed E-state index contributed by atoms with van der Waals surface area (Å²) in [6, 6.07) is 1.87. The molecule has 0 aromatic heterocycles. The van der Waals surface area contributed by atoms with Gasteiger partial charge in [0, 0.05) is 0 Å². The van der Waals surface area contributed by atoms with Gasteiger partial charge < -0.3 is 10.4 Å². The van der Waals surface area contributed by atoms with Crippen molar-refractivity contribution in [2.24, 2.45) is 5.73 Å². The molecule has 7 heteroatoms. The van der Waals surface area contributed by atoms with Gasteiger partial charge in [0.15, 0.2) is 6.35 Å². The van der Waals surface area contributed by atoms with Crippen molar-refractivity contribution in [3.63, 3.8) is 0 Å². The van der Waals surface area contributed by atoms with Gasteiger partial charge in [-0.1, -0.05) is 0 Å². The van der Waals surface area contributed by atoms with Gasteiger partial charge in [-0.3, -0.25) is 5.73 Å². The van der Waals surface area contributed by atoms with Gasteiger partial charge in [0.25, 0.3) is 0 Å². The van der Waals surface area contributed by atoms with E-state index >= 15 is 0 Å². The number of nitrogens with one attached hydrogen (secondary N) is 1. The van der Waals surface area contributed by atoms with Crippen LogP contribution in [0.4, 0.5) is 23.2 Å². The van der Waals surface area contributed by atoms with Gasteiger partial charge in [0.1, 0.15) is 5.82 Å². The Morgan fingerprint density at radius 1 is 1.33 bits per heavy atom. The van der Waals surface area contributed by atoms with E-state index in [9.17, 15) is 17.6 Å². The summed E-state index contributed by atoms with van der Waals surface area (Å²) >= 11 is 0. The molecule has 0 bridgehead atoms. The van der Waals surface area contributed by atoms with Crippen LogP contribution in [0.1, 0.15) is 5.56 Å². The Kier molecular flexibility index (Phi) is 3.15. The lowest BCUT2D eigenvalue weighted by Gasteiger charge is -2.12. The molecule has 84 valence electrons. The summed E-state index contributed by atoms with van der Waals surface area (Å²) in [6.45, 7) is 0. The van der Waals surface area contributed by atoms with Gasteiger partial charge >= 0.3 is 6.18 Å². The van der Waals surface area contributed by atoms with Gasteiger partial charge in [-0.2, -0.15) is 13.2 Å². The second kappa shape index (κ2) is 4.03. The fraction of sp³-hybridized carbons (Fsp3) is 0.250. The number of aliphatic hydroxyl groups excluding tert-OH is 1. The Labute approximate surface area is 82.5 Å². The van der Waals surface area contributed by atoms with E-state index in [-0.39, 0.29) is 5.69 Å². The lowest BCUT2D eigenvalue weighted by atomic mass is 10.2. The van der Waals surface area contributed by atoms with Crippen molar-refractivity contribution in [3.8, 4) is 0 Å². The third-order valence-corrected chi connectivity index (χ3v) is 1.60. The minimum atomic E-state index is -4.60. The number of alkyl halides is 3. The van der Waals surface area contributed by atoms with E-state index in [1.807, 2.05) is 5.32 Å². The molecule has 1 unspecified atom stereocenters. The highest BCUT2D eigenvalue weighted by atomic mass is 19.4. The van der Waals surface area contributed by atoms with Crippen LogP contribution in [-0.4, -0.2) is 11.5 Å². The molecule has 0 spiro atoms. The first-order chi connectivity index (χ1) is 6.80. The largest absolute Gasteiger partial charge is 0.416 e. The molecule has 1 aromatic carbocycles. The minimum Gasteiger partial charge on any atom is -0.361 e. The van der Waals surface area contributed by atoms with Crippen LogP contribution in [0.2, 0.25) is 0 Å². The van der Waals surface area contributed by atoms with Crippen LogP contribution in [0.3, 0.4) is 0 Å². The molecule has 4 N–H and O–H groups in total. The van der Waals surface area contributed by atoms with Gasteiger partial charge in [-0.15, -0.1) is 0 Å². The van der Waals surface area contributed by atoms with Crippen LogP contribution in [0.15, 0.2) is 18.2 Å². The van der Waals surface area contributed by atoms with E-state index in [1.54, 1.807) is 0 Å². The molecular weight excluding hydrogens is 216 g/mol. The summed E-state index contributed by atoms with van der Waals surface area (Å²) in [6.07, 6.45) is -6.13. The normalized spacial score (nSPS) is 13.7. The lowest BCUT2D eigenvalue weighted by Crippen LogP contribution is -2.29. The maximum Gasteiger partial charge on any atom is 0.416 e. The van der Waals surface area contributed by atoms with Crippen molar-refractivity contribution >= 4 is 5.69 Å². The molecule has 0 saturated heterocycles. The average molecular weight is 224 g/mol. The Morgan fingerprint density at radius 2 is 1.93 bits per heavy atom. The maximum absolute atomic E-state index is 13.0. The van der Waals surface area contributed by atoms with Crippen molar-refractivity contribution < 1.29 is 22.7 Å². The van der Waals surface area contributed by atoms with Crippen LogP contribution in [0.5, 0.6) is 0 Å². The number of hydrogen-bond donors (Lipinski definition) is 3. The summed E-state index contributed by atoms with van der Waals surface area (Å²) in [5.41, 5.74) is 3.48. The Balaban J connectivity index is 2.98. The Bertz CT molecular complexity index is 351. The van der Waals surface area contributed by atoms with E-state index in [0.717, 1.165) is 6.07 Å². The van der Waals surface area contributed by atoms with Crippen LogP contribution < -0.4 is 11.1 Å². The average Bonchev–Trinajstić information content (AvgIpc) is 2.05. The van der Waals surface area contributed by atoms with E-state index in [1.165, 1.54) is 0 Å². The van der Waals surface area contributed by atoms with Crippen molar-refractivity contribution in [3.05, 3.63) is 29.6 Å². The topological polar surface area (TPSA) is 58.3 Å². The number of anilines is 1. The molecular formula is C8H8F4N2O. The van der Waals surface area contributed by atoms with Crippen LogP contribution in [0, 0.1) is 5.82 Å². The quantitative estimate of drug-likeness (QED) is 0.527. The standard InChI is InChI=1S/C8H8F4N2O/c9-5-3-4(8(10,11)12)1-2-6(5)14-7(13)15/h1-3,7,14-15H,13H2. The molecule has 0 heterocycles. The molecule has 3 nitrogen and oxygen atoms in total.